The summed E-state index contributed by atoms with van der Waals surface area (Å²) in [6, 6.07) is 15.9. The van der Waals surface area contributed by atoms with Crippen LogP contribution in [0.15, 0.2) is 48.5 Å². The van der Waals surface area contributed by atoms with Crippen LogP contribution in [-0.4, -0.2) is 38.9 Å². The normalized spacial score (nSPS) is 17.0. The maximum absolute atomic E-state index is 12.7. The average Bonchev–Trinajstić information content (AvgIpc) is 3.43. The van der Waals surface area contributed by atoms with E-state index >= 15 is 0 Å². The van der Waals surface area contributed by atoms with Gasteiger partial charge in [-0.1, -0.05) is 24.3 Å². The number of amides is 1. The van der Waals surface area contributed by atoms with E-state index in [1.165, 1.54) is 0 Å². The second kappa shape index (κ2) is 7.33. The Kier molecular flexibility index (Phi) is 4.54. The van der Waals surface area contributed by atoms with E-state index in [1.54, 1.807) is 11.3 Å². The zero-order valence-electron chi connectivity index (χ0n) is 15.3. The molecular formula is C21H20N4O2S. The van der Waals surface area contributed by atoms with E-state index < -0.39 is 0 Å². The van der Waals surface area contributed by atoms with Crippen LogP contribution in [0.4, 0.5) is 0 Å². The Morgan fingerprint density at radius 1 is 1.14 bits per heavy atom. The van der Waals surface area contributed by atoms with Gasteiger partial charge in [0.25, 0.3) is 0 Å². The van der Waals surface area contributed by atoms with Crippen LogP contribution in [0, 0.1) is 0 Å². The third-order valence-electron chi connectivity index (χ3n) is 5.09. The molecule has 142 valence electrons. The van der Waals surface area contributed by atoms with E-state index in [0.29, 0.717) is 6.61 Å². The number of thiazole rings is 1. The van der Waals surface area contributed by atoms with Crippen LogP contribution in [0.2, 0.25) is 0 Å². The van der Waals surface area contributed by atoms with E-state index in [-0.39, 0.29) is 18.6 Å². The van der Waals surface area contributed by atoms with E-state index in [1.807, 2.05) is 53.4 Å². The van der Waals surface area contributed by atoms with E-state index in [9.17, 15) is 4.79 Å². The number of rotatable bonds is 5. The number of hydrogen-bond donors (Lipinski definition) is 1. The first-order valence-electron chi connectivity index (χ1n) is 9.44. The lowest BCUT2D eigenvalue weighted by atomic mass is 10.2. The van der Waals surface area contributed by atoms with Crippen molar-refractivity contribution in [3.63, 3.8) is 0 Å². The van der Waals surface area contributed by atoms with Crippen molar-refractivity contribution in [1.29, 1.82) is 0 Å². The summed E-state index contributed by atoms with van der Waals surface area (Å²) in [5, 5.41) is 0.893. The molecule has 0 unspecified atom stereocenters. The number of hydrogen-bond acceptors (Lipinski definition) is 5. The number of aromatic nitrogens is 3. The molecule has 1 fully saturated rings. The van der Waals surface area contributed by atoms with Gasteiger partial charge in [0.05, 0.1) is 33.9 Å². The summed E-state index contributed by atoms with van der Waals surface area (Å²) in [4.78, 5) is 27.2. The summed E-state index contributed by atoms with van der Waals surface area (Å²) in [6.45, 7) is 1.16. The van der Waals surface area contributed by atoms with Gasteiger partial charge in [0.1, 0.15) is 17.4 Å². The first kappa shape index (κ1) is 17.3. The Labute approximate surface area is 166 Å². The van der Waals surface area contributed by atoms with Gasteiger partial charge in [0.15, 0.2) is 0 Å². The van der Waals surface area contributed by atoms with Crippen molar-refractivity contribution in [2.45, 2.75) is 25.5 Å². The maximum atomic E-state index is 12.7. The van der Waals surface area contributed by atoms with Crippen LogP contribution >= 0.6 is 11.3 Å². The molecule has 0 bridgehead atoms. The molecule has 0 spiro atoms. The Morgan fingerprint density at radius 2 is 1.96 bits per heavy atom. The lowest BCUT2D eigenvalue weighted by molar-refractivity contribution is -0.137. The van der Waals surface area contributed by atoms with Gasteiger partial charge in [-0.2, -0.15) is 0 Å². The van der Waals surface area contributed by atoms with E-state index in [0.717, 1.165) is 51.5 Å². The molecule has 0 radical (unpaired) electrons. The number of fused-ring (bicyclic) bond motifs is 2. The highest BCUT2D eigenvalue weighted by Crippen LogP contribution is 2.31. The molecule has 1 saturated heterocycles. The lowest BCUT2D eigenvalue weighted by Gasteiger charge is -2.23. The number of aromatic amines is 1. The van der Waals surface area contributed by atoms with Gasteiger partial charge in [0, 0.05) is 6.54 Å². The highest BCUT2D eigenvalue weighted by Gasteiger charge is 2.32. The Morgan fingerprint density at radius 3 is 2.82 bits per heavy atom. The fraction of sp³-hybridized carbons (Fsp3) is 0.286. The van der Waals surface area contributed by atoms with Crippen LogP contribution in [0.1, 0.15) is 29.7 Å². The minimum Gasteiger partial charge on any atom is -0.364 e. The van der Waals surface area contributed by atoms with Gasteiger partial charge in [-0.05, 0) is 37.1 Å². The van der Waals surface area contributed by atoms with E-state index in [2.05, 4.69) is 15.0 Å². The minimum absolute atomic E-state index is 0.00377. The molecule has 1 atom stereocenters. The minimum atomic E-state index is -0.00838. The van der Waals surface area contributed by atoms with E-state index in [4.69, 9.17) is 4.74 Å². The number of nitrogens with one attached hydrogen (secondary N) is 1. The SMILES string of the molecule is O=C(COCc1nc2ccccc2s1)N1CCC[C@@H]1c1nc2ccccc2[nH]1. The van der Waals surface area contributed by atoms with Crippen LogP contribution in [0.5, 0.6) is 0 Å². The van der Waals surface area contributed by atoms with Gasteiger partial charge < -0.3 is 14.6 Å². The van der Waals surface area contributed by atoms with Crippen LogP contribution in [0.3, 0.4) is 0 Å². The number of nitrogens with zero attached hydrogens (tertiary/aromatic N) is 3. The quantitative estimate of drug-likeness (QED) is 0.556. The maximum Gasteiger partial charge on any atom is 0.249 e. The smallest absolute Gasteiger partial charge is 0.249 e. The van der Waals surface area contributed by atoms with Crippen LogP contribution < -0.4 is 0 Å². The first-order chi connectivity index (χ1) is 13.8. The van der Waals surface area contributed by atoms with Crippen molar-refractivity contribution in [2.24, 2.45) is 0 Å². The molecule has 3 heterocycles. The van der Waals surface area contributed by atoms with Gasteiger partial charge in [-0.15, -0.1) is 11.3 Å². The zero-order chi connectivity index (χ0) is 18.9. The molecule has 1 amide bonds. The summed E-state index contributed by atoms with van der Waals surface area (Å²) in [5.41, 5.74) is 2.91. The molecule has 28 heavy (non-hydrogen) atoms. The number of para-hydroxylation sites is 3. The average molecular weight is 392 g/mol. The second-order valence-electron chi connectivity index (χ2n) is 6.95. The van der Waals surface area contributed by atoms with Crippen LogP contribution in [-0.2, 0) is 16.1 Å². The van der Waals surface area contributed by atoms with Gasteiger partial charge in [-0.3, -0.25) is 4.79 Å². The second-order valence-corrected chi connectivity index (χ2v) is 8.07. The summed E-state index contributed by atoms with van der Waals surface area (Å²) in [5.74, 6) is 0.863. The molecule has 2 aromatic heterocycles. The van der Waals surface area contributed by atoms with Crippen molar-refractivity contribution < 1.29 is 9.53 Å². The fourth-order valence-electron chi connectivity index (χ4n) is 3.77. The lowest BCUT2D eigenvalue weighted by Crippen LogP contribution is -2.34. The summed E-state index contributed by atoms with van der Waals surface area (Å²) in [7, 11) is 0. The number of ether oxygens (including phenoxy) is 1. The molecule has 7 heteroatoms. The summed E-state index contributed by atoms with van der Waals surface area (Å²) < 4.78 is 6.83. The number of imidazole rings is 1. The van der Waals surface area contributed by atoms with Gasteiger partial charge in [0.2, 0.25) is 5.91 Å². The third kappa shape index (κ3) is 3.27. The molecular weight excluding hydrogens is 372 g/mol. The van der Waals surface area contributed by atoms with Gasteiger partial charge >= 0.3 is 0 Å². The predicted octanol–water partition coefficient (Wildman–Crippen LogP) is 4.05. The molecule has 1 N–H and O–H groups in total. The Hall–Kier alpha value is -2.77. The van der Waals surface area contributed by atoms with Crippen molar-refractivity contribution in [3.05, 3.63) is 59.4 Å². The Bertz CT molecular complexity index is 1070. The molecule has 4 aromatic rings. The monoisotopic (exact) mass is 392 g/mol. The zero-order valence-corrected chi connectivity index (χ0v) is 16.1. The largest absolute Gasteiger partial charge is 0.364 e. The van der Waals surface area contributed by atoms with Crippen molar-refractivity contribution in [3.8, 4) is 0 Å². The van der Waals surface area contributed by atoms with Crippen LogP contribution in [0.25, 0.3) is 21.3 Å². The highest BCUT2D eigenvalue weighted by molar-refractivity contribution is 7.18. The summed E-state index contributed by atoms with van der Waals surface area (Å²) in [6.07, 6.45) is 1.90. The molecule has 6 nitrogen and oxygen atoms in total. The van der Waals surface area contributed by atoms with Gasteiger partial charge in [-0.25, -0.2) is 9.97 Å². The van der Waals surface area contributed by atoms with Crippen molar-refractivity contribution in [2.75, 3.05) is 13.2 Å². The number of benzene rings is 2. The molecule has 1 aliphatic rings. The Balaban J connectivity index is 1.24. The fourth-order valence-corrected chi connectivity index (χ4v) is 4.68. The predicted molar refractivity (Wildman–Crippen MR) is 109 cm³/mol. The first-order valence-corrected chi connectivity index (χ1v) is 10.3. The third-order valence-corrected chi connectivity index (χ3v) is 6.10. The highest BCUT2D eigenvalue weighted by atomic mass is 32.1. The molecule has 5 rings (SSSR count). The number of carbonyl (C=O) groups excluding carboxylic acids is 1. The number of likely N-dealkylation sites (tertiary alicyclic amines) is 1. The number of H-pyrrole nitrogens is 1. The van der Waals surface area contributed by atoms with Crippen molar-refractivity contribution in [1.82, 2.24) is 19.9 Å². The molecule has 0 saturated carbocycles. The molecule has 0 aliphatic carbocycles. The standard InChI is InChI=1S/C21H20N4O2S/c26-20(13-27-12-19-22-16-8-3-4-10-18(16)28-19)25-11-5-9-17(25)21-23-14-6-1-2-7-15(14)24-21/h1-4,6-8,10,17H,5,9,11-13H2,(H,23,24)/t17-/m1/s1. The topological polar surface area (TPSA) is 71.1 Å². The number of carbonyl (C=O) groups is 1. The summed E-state index contributed by atoms with van der Waals surface area (Å²) >= 11 is 1.60. The molecule has 1 aliphatic heterocycles. The molecule has 2 aromatic carbocycles. The van der Waals surface area contributed by atoms with Crippen molar-refractivity contribution >= 4 is 38.5 Å².